The van der Waals surface area contributed by atoms with Gasteiger partial charge in [-0.1, -0.05) is 6.07 Å². The van der Waals surface area contributed by atoms with Crippen LogP contribution in [0.2, 0.25) is 0 Å². The first-order chi connectivity index (χ1) is 5.70. The minimum atomic E-state index is -0.225. The Kier molecular flexibility index (Phi) is 7.75. The van der Waals surface area contributed by atoms with Crippen molar-refractivity contribution in [2.45, 2.75) is 0 Å². The van der Waals surface area contributed by atoms with Crippen LogP contribution in [-0.4, -0.2) is 10.2 Å². The van der Waals surface area contributed by atoms with Crippen molar-refractivity contribution in [3.05, 3.63) is 22.4 Å². The molecule has 64 valence electrons. The molecular formula is C6H5KN2OS3. The van der Waals surface area contributed by atoms with Gasteiger partial charge in [0.05, 0.1) is 4.88 Å². The molecule has 1 aromatic heterocycles. The van der Waals surface area contributed by atoms with Crippen LogP contribution in [0.3, 0.4) is 0 Å². The summed E-state index contributed by atoms with van der Waals surface area (Å²) in [6.07, 6.45) is 0. The van der Waals surface area contributed by atoms with Crippen LogP contribution < -0.4 is 62.2 Å². The van der Waals surface area contributed by atoms with E-state index in [-0.39, 0.29) is 61.6 Å². The van der Waals surface area contributed by atoms with Crippen LogP contribution in [0, 0.1) is 0 Å². The molecule has 0 atom stereocenters. The standard InChI is InChI=1S/C6H6N2OS3.K/c9-5(7-8-6(10)11)4-2-1-3-12-4;/h1-3H,(H,7,9)(H2,8,10,11);/q;+1/p-1. The third kappa shape index (κ3) is 5.38. The second-order valence-corrected chi connectivity index (χ2v) is 3.87. The van der Waals surface area contributed by atoms with Crippen LogP contribution >= 0.6 is 23.6 Å². The maximum atomic E-state index is 11.1. The molecule has 1 heterocycles. The molecule has 13 heavy (non-hydrogen) atoms. The van der Waals surface area contributed by atoms with Gasteiger partial charge in [0.25, 0.3) is 5.91 Å². The Morgan fingerprint density at radius 2 is 2.23 bits per heavy atom. The molecule has 0 spiro atoms. The fourth-order valence-corrected chi connectivity index (χ4v) is 1.30. The average molecular weight is 256 g/mol. The fraction of sp³-hybridized carbons (Fsp3) is 0. The van der Waals surface area contributed by atoms with Crippen molar-refractivity contribution in [2.75, 3.05) is 0 Å². The first-order valence-electron chi connectivity index (χ1n) is 3.01. The number of thiophene rings is 1. The smallest absolute Gasteiger partial charge is 0.410 e. The third-order valence-corrected chi connectivity index (χ3v) is 2.10. The Labute approximate surface area is 133 Å². The third-order valence-electron chi connectivity index (χ3n) is 1.02. The zero-order valence-corrected chi connectivity index (χ0v) is 12.4. The molecular weight excluding hydrogens is 251 g/mol. The molecule has 7 heteroatoms. The summed E-state index contributed by atoms with van der Waals surface area (Å²) >= 11 is 10.4. The van der Waals surface area contributed by atoms with E-state index < -0.39 is 0 Å². The molecule has 3 nitrogen and oxygen atoms in total. The molecule has 0 aliphatic heterocycles. The quantitative estimate of drug-likeness (QED) is 0.259. The molecule has 0 aliphatic rings. The number of nitrogens with one attached hydrogen (secondary N) is 2. The number of carbonyl (C=O) groups excluding carboxylic acids is 1. The van der Waals surface area contributed by atoms with E-state index in [0.717, 1.165) is 0 Å². The van der Waals surface area contributed by atoms with E-state index in [9.17, 15) is 4.79 Å². The maximum absolute atomic E-state index is 11.1. The van der Waals surface area contributed by atoms with Crippen molar-refractivity contribution in [3.63, 3.8) is 0 Å². The molecule has 0 unspecified atom stereocenters. The van der Waals surface area contributed by atoms with E-state index in [1.165, 1.54) is 11.3 Å². The summed E-state index contributed by atoms with van der Waals surface area (Å²) in [5.41, 5.74) is 4.75. The molecule has 0 saturated heterocycles. The number of hydrogen-bond donors (Lipinski definition) is 2. The summed E-state index contributed by atoms with van der Waals surface area (Å²) in [4.78, 5) is 11.8. The Morgan fingerprint density at radius 1 is 1.54 bits per heavy atom. The van der Waals surface area contributed by atoms with Crippen LogP contribution in [-0.2, 0) is 12.6 Å². The van der Waals surface area contributed by atoms with Gasteiger partial charge in [-0.25, -0.2) is 0 Å². The van der Waals surface area contributed by atoms with E-state index in [4.69, 9.17) is 0 Å². The van der Waals surface area contributed by atoms with Gasteiger partial charge >= 0.3 is 51.4 Å². The van der Waals surface area contributed by atoms with Gasteiger partial charge < -0.3 is 30.3 Å². The van der Waals surface area contributed by atoms with Crippen molar-refractivity contribution < 1.29 is 56.2 Å². The topological polar surface area (TPSA) is 41.1 Å². The minimum Gasteiger partial charge on any atom is -0.410 e. The van der Waals surface area contributed by atoms with Crippen LogP contribution in [0.15, 0.2) is 17.5 Å². The molecule has 2 N–H and O–H groups in total. The van der Waals surface area contributed by atoms with Gasteiger partial charge in [-0.2, -0.15) is 0 Å². The van der Waals surface area contributed by atoms with Crippen molar-refractivity contribution in [3.8, 4) is 0 Å². The molecule has 1 aromatic rings. The van der Waals surface area contributed by atoms with Gasteiger partial charge in [0.15, 0.2) is 0 Å². The number of thiocarbonyl (C=S) groups is 1. The van der Waals surface area contributed by atoms with Gasteiger partial charge in [-0.3, -0.25) is 10.2 Å². The number of hydrazine groups is 1. The summed E-state index contributed by atoms with van der Waals surface area (Å²) in [6.45, 7) is 0. The molecule has 0 aromatic carbocycles. The number of carbonyl (C=O) groups is 1. The largest absolute Gasteiger partial charge is 1.00 e. The van der Waals surface area contributed by atoms with Crippen LogP contribution in [0.1, 0.15) is 9.67 Å². The summed E-state index contributed by atoms with van der Waals surface area (Å²) < 4.78 is 0.125. The van der Waals surface area contributed by atoms with Crippen LogP contribution in [0.4, 0.5) is 0 Å². The molecule has 0 aliphatic carbocycles. The molecule has 0 saturated carbocycles. The normalized spacial score (nSPS) is 8.31. The molecule has 1 rings (SSSR count). The molecule has 0 fully saturated rings. The number of amides is 1. The summed E-state index contributed by atoms with van der Waals surface area (Å²) in [5, 5.41) is 1.82. The van der Waals surface area contributed by atoms with Crippen molar-refractivity contribution in [2.24, 2.45) is 0 Å². The second-order valence-electron chi connectivity index (χ2n) is 1.84. The van der Waals surface area contributed by atoms with E-state index in [2.05, 4.69) is 35.7 Å². The number of hydrogen-bond acceptors (Lipinski definition) is 4. The molecule has 1 amide bonds. The Hall–Kier alpha value is 0.916. The first-order valence-corrected chi connectivity index (χ1v) is 4.70. The zero-order valence-electron chi connectivity index (χ0n) is 6.87. The predicted octanol–water partition coefficient (Wildman–Crippen LogP) is -2.18. The van der Waals surface area contributed by atoms with Gasteiger partial charge in [0.1, 0.15) is 0 Å². The van der Waals surface area contributed by atoms with Gasteiger partial charge in [0, 0.05) is 0 Å². The summed E-state index contributed by atoms with van der Waals surface area (Å²) in [6, 6.07) is 3.51. The maximum Gasteiger partial charge on any atom is 1.00 e. The molecule has 0 radical (unpaired) electrons. The van der Waals surface area contributed by atoms with Gasteiger partial charge in [-0.05, 0) is 15.8 Å². The van der Waals surface area contributed by atoms with E-state index in [1.54, 1.807) is 12.1 Å². The zero-order chi connectivity index (χ0) is 8.97. The van der Waals surface area contributed by atoms with E-state index in [1.807, 2.05) is 5.38 Å². The van der Waals surface area contributed by atoms with E-state index >= 15 is 0 Å². The Morgan fingerprint density at radius 3 is 2.69 bits per heavy atom. The Balaban J connectivity index is 0.00000144. The van der Waals surface area contributed by atoms with Crippen LogP contribution in [0.25, 0.3) is 0 Å². The summed E-state index contributed by atoms with van der Waals surface area (Å²) in [5.74, 6) is -0.225. The SMILES string of the molecule is O=C(NNC(=S)[S-])c1cccs1.[K+]. The minimum absolute atomic E-state index is 0. The number of rotatable bonds is 1. The fourth-order valence-electron chi connectivity index (χ4n) is 0.577. The first kappa shape index (κ1) is 13.9. The van der Waals surface area contributed by atoms with Crippen molar-refractivity contribution in [1.29, 1.82) is 0 Å². The van der Waals surface area contributed by atoms with Gasteiger partial charge in [0.2, 0.25) is 0 Å². The Bertz CT molecular complexity index is 288. The second kappa shape index (κ2) is 7.24. The summed E-state index contributed by atoms with van der Waals surface area (Å²) in [7, 11) is 0. The monoisotopic (exact) mass is 256 g/mol. The average Bonchev–Trinajstić information content (AvgIpc) is 2.51. The van der Waals surface area contributed by atoms with E-state index in [0.29, 0.717) is 4.88 Å². The molecule has 0 bridgehead atoms. The van der Waals surface area contributed by atoms with Crippen molar-refractivity contribution in [1.82, 2.24) is 10.9 Å². The predicted molar refractivity (Wildman–Crippen MR) is 54.9 cm³/mol. The van der Waals surface area contributed by atoms with Gasteiger partial charge in [-0.15, -0.1) is 11.3 Å². The van der Waals surface area contributed by atoms with Crippen molar-refractivity contribution >= 4 is 46.4 Å². The van der Waals surface area contributed by atoms with Crippen LogP contribution in [0.5, 0.6) is 0 Å².